The SMILES string of the molecule is Cl.Cl.Nc1ccc(O)c(Cn2ccnc2)c1. The lowest BCUT2D eigenvalue weighted by molar-refractivity contribution is 0.466. The summed E-state index contributed by atoms with van der Waals surface area (Å²) in [7, 11) is 0. The predicted octanol–water partition coefficient (Wildman–Crippen LogP) is 2.06. The van der Waals surface area contributed by atoms with E-state index >= 15 is 0 Å². The van der Waals surface area contributed by atoms with E-state index in [9.17, 15) is 5.11 Å². The van der Waals surface area contributed by atoms with Crippen molar-refractivity contribution in [1.82, 2.24) is 9.55 Å². The number of nitrogen functional groups attached to an aromatic ring is 1. The number of hydrogen-bond donors (Lipinski definition) is 2. The minimum atomic E-state index is 0. The van der Waals surface area contributed by atoms with Crippen LogP contribution in [0.2, 0.25) is 0 Å². The quantitative estimate of drug-likeness (QED) is 0.643. The molecule has 0 aliphatic rings. The first-order valence-corrected chi connectivity index (χ1v) is 4.29. The number of benzene rings is 1. The number of nitrogens with zero attached hydrogens (tertiary/aromatic N) is 2. The van der Waals surface area contributed by atoms with E-state index in [1.165, 1.54) is 0 Å². The van der Waals surface area contributed by atoms with Gasteiger partial charge in [-0.2, -0.15) is 0 Å². The minimum absolute atomic E-state index is 0. The Hall–Kier alpha value is -1.39. The molecule has 2 aromatic rings. The zero-order valence-electron chi connectivity index (χ0n) is 8.41. The van der Waals surface area contributed by atoms with Crippen LogP contribution >= 0.6 is 24.8 Å². The van der Waals surface area contributed by atoms with Gasteiger partial charge in [-0.05, 0) is 18.2 Å². The summed E-state index contributed by atoms with van der Waals surface area (Å²) in [5.41, 5.74) is 7.07. The van der Waals surface area contributed by atoms with Crippen LogP contribution in [-0.4, -0.2) is 14.7 Å². The van der Waals surface area contributed by atoms with Crippen molar-refractivity contribution in [2.45, 2.75) is 6.54 Å². The van der Waals surface area contributed by atoms with Crippen LogP contribution < -0.4 is 5.73 Å². The van der Waals surface area contributed by atoms with Gasteiger partial charge < -0.3 is 15.4 Å². The molecule has 2 rings (SSSR count). The highest BCUT2D eigenvalue weighted by atomic mass is 35.5. The molecule has 0 atom stereocenters. The van der Waals surface area contributed by atoms with E-state index in [0.717, 1.165) is 5.56 Å². The highest BCUT2D eigenvalue weighted by Crippen LogP contribution is 2.20. The first-order chi connectivity index (χ1) is 6.75. The number of imidazole rings is 1. The summed E-state index contributed by atoms with van der Waals surface area (Å²) >= 11 is 0. The van der Waals surface area contributed by atoms with Gasteiger partial charge in [-0.3, -0.25) is 0 Å². The number of halogens is 2. The standard InChI is InChI=1S/C10H11N3O.2ClH/c11-9-1-2-10(14)8(5-9)6-13-4-3-12-7-13;;/h1-5,7,14H,6,11H2;2*1H. The lowest BCUT2D eigenvalue weighted by Crippen LogP contribution is -1.97. The smallest absolute Gasteiger partial charge is 0.120 e. The maximum absolute atomic E-state index is 9.54. The molecule has 6 heteroatoms. The van der Waals surface area contributed by atoms with Crippen LogP contribution in [0.3, 0.4) is 0 Å². The summed E-state index contributed by atoms with van der Waals surface area (Å²) in [6.45, 7) is 0.580. The molecule has 1 aromatic carbocycles. The molecule has 0 radical (unpaired) electrons. The van der Waals surface area contributed by atoms with Crippen molar-refractivity contribution in [3.63, 3.8) is 0 Å². The third-order valence-corrected chi connectivity index (χ3v) is 2.02. The molecule has 3 N–H and O–H groups in total. The van der Waals surface area contributed by atoms with Crippen molar-refractivity contribution < 1.29 is 5.11 Å². The van der Waals surface area contributed by atoms with Crippen LogP contribution in [0.25, 0.3) is 0 Å². The molecule has 88 valence electrons. The fourth-order valence-corrected chi connectivity index (χ4v) is 1.31. The molecule has 1 aromatic heterocycles. The van der Waals surface area contributed by atoms with Crippen molar-refractivity contribution in [2.24, 2.45) is 0 Å². The van der Waals surface area contributed by atoms with Gasteiger partial charge in [0.15, 0.2) is 0 Å². The Bertz CT molecular complexity index is 432. The molecule has 0 fully saturated rings. The Labute approximate surface area is 106 Å². The van der Waals surface area contributed by atoms with Gasteiger partial charge in [0.2, 0.25) is 0 Å². The van der Waals surface area contributed by atoms with Gasteiger partial charge in [0.25, 0.3) is 0 Å². The van der Waals surface area contributed by atoms with E-state index in [-0.39, 0.29) is 30.6 Å². The Morgan fingerprint density at radius 1 is 1.31 bits per heavy atom. The zero-order valence-corrected chi connectivity index (χ0v) is 10.0. The van der Waals surface area contributed by atoms with Crippen LogP contribution in [0.1, 0.15) is 5.56 Å². The van der Waals surface area contributed by atoms with E-state index < -0.39 is 0 Å². The van der Waals surface area contributed by atoms with E-state index in [4.69, 9.17) is 5.73 Å². The second-order valence-electron chi connectivity index (χ2n) is 3.12. The number of aromatic hydroxyl groups is 1. The van der Waals surface area contributed by atoms with E-state index in [1.54, 1.807) is 30.7 Å². The van der Waals surface area contributed by atoms with Crippen LogP contribution in [-0.2, 0) is 6.54 Å². The molecule has 0 amide bonds. The van der Waals surface area contributed by atoms with E-state index in [2.05, 4.69) is 4.98 Å². The lowest BCUT2D eigenvalue weighted by atomic mass is 10.2. The molecule has 0 saturated heterocycles. The van der Waals surface area contributed by atoms with E-state index in [1.807, 2.05) is 10.8 Å². The lowest BCUT2D eigenvalue weighted by Gasteiger charge is -2.05. The van der Waals surface area contributed by atoms with Crippen molar-refractivity contribution in [1.29, 1.82) is 0 Å². The predicted molar refractivity (Wildman–Crippen MR) is 68.3 cm³/mol. The molecule has 0 spiro atoms. The Balaban J connectivity index is 0.00000112. The average molecular weight is 262 g/mol. The Kier molecular flexibility index (Phi) is 5.71. The molecule has 1 heterocycles. The van der Waals surface area contributed by atoms with Crippen molar-refractivity contribution >= 4 is 30.5 Å². The summed E-state index contributed by atoms with van der Waals surface area (Å²) in [5.74, 6) is 0.257. The highest BCUT2D eigenvalue weighted by molar-refractivity contribution is 5.85. The number of anilines is 1. The van der Waals surface area contributed by atoms with Crippen molar-refractivity contribution in [2.75, 3.05) is 5.73 Å². The zero-order chi connectivity index (χ0) is 9.97. The number of nitrogens with two attached hydrogens (primary N) is 1. The summed E-state index contributed by atoms with van der Waals surface area (Å²) in [6.07, 6.45) is 5.23. The minimum Gasteiger partial charge on any atom is -0.508 e. The third kappa shape index (κ3) is 3.32. The molecule has 0 saturated carbocycles. The fourth-order valence-electron chi connectivity index (χ4n) is 1.31. The first kappa shape index (κ1) is 14.6. The molecule has 0 bridgehead atoms. The second-order valence-corrected chi connectivity index (χ2v) is 3.12. The van der Waals surface area contributed by atoms with Crippen molar-refractivity contribution in [3.05, 3.63) is 42.5 Å². The van der Waals surface area contributed by atoms with Gasteiger partial charge in [0.1, 0.15) is 5.75 Å². The molecule has 0 aliphatic carbocycles. The first-order valence-electron chi connectivity index (χ1n) is 4.29. The Morgan fingerprint density at radius 2 is 2.06 bits per heavy atom. The number of aromatic nitrogens is 2. The molecule has 0 aliphatic heterocycles. The number of rotatable bonds is 2. The van der Waals surface area contributed by atoms with E-state index in [0.29, 0.717) is 12.2 Å². The summed E-state index contributed by atoms with van der Waals surface area (Å²) in [5, 5.41) is 9.54. The topological polar surface area (TPSA) is 64.1 Å². The normalized spacial score (nSPS) is 9.00. The largest absolute Gasteiger partial charge is 0.508 e. The second kappa shape index (κ2) is 6.25. The van der Waals surface area contributed by atoms with Crippen LogP contribution in [0.5, 0.6) is 5.75 Å². The van der Waals surface area contributed by atoms with Gasteiger partial charge >= 0.3 is 0 Å². The van der Waals surface area contributed by atoms with Crippen molar-refractivity contribution in [3.8, 4) is 5.75 Å². The number of phenols is 1. The number of phenolic OH excluding ortho intramolecular Hbond substituents is 1. The fraction of sp³-hybridized carbons (Fsp3) is 0.100. The summed E-state index contributed by atoms with van der Waals surface area (Å²) < 4.78 is 1.87. The number of hydrogen-bond acceptors (Lipinski definition) is 3. The molecule has 16 heavy (non-hydrogen) atoms. The monoisotopic (exact) mass is 261 g/mol. The molecular formula is C10H13Cl2N3O. The van der Waals surface area contributed by atoms with Gasteiger partial charge in [-0.15, -0.1) is 24.8 Å². The summed E-state index contributed by atoms with van der Waals surface area (Å²) in [6, 6.07) is 5.03. The Morgan fingerprint density at radius 3 is 2.69 bits per heavy atom. The van der Waals surface area contributed by atoms with Gasteiger partial charge in [-0.1, -0.05) is 0 Å². The summed E-state index contributed by atoms with van der Waals surface area (Å²) in [4.78, 5) is 3.92. The third-order valence-electron chi connectivity index (χ3n) is 2.02. The molecule has 4 nitrogen and oxygen atoms in total. The average Bonchev–Trinajstić information content (AvgIpc) is 2.64. The van der Waals surface area contributed by atoms with Crippen LogP contribution in [0, 0.1) is 0 Å². The van der Waals surface area contributed by atoms with Crippen LogP contribution in [0.4, 0.5) is 5.69 Å². The molecular weight excluding hydrogens is 249 g/mol. The maximum Gasteiger partial charge on any atom is 0.120 e. The van der Waals surface area contributed by atoms with Gasteiger partial charge in [0, 0.05) is 23.6 Å². The maximum atomic E-state index is 9.54. The molecule has 0 unspecified atom stereocenters. The van der Waals surface area contributed by atoms with Crippen LogP contribution in [0.15, 0.2) is 36.9 Å². The van der Waals surface area contributed by atoms with Gasteiger partial charge in [0.05, 0.1) is 12.9 Å². The highest BCUT2D eigenvalue weighted by Gasteiger charge is 2.01. The van der Waals surface area contributed by atoms with Gasteiger partial charge in [-0.25, -0.2) is 4.98 Å².